The molecule has 0 spiro atoms. The Labute approximate surface area is 187 Å². The number of hydrogen-bond donors (Lipinski definition) is 1. The number of nitrogens with zero attached hydrogens (tertiary/aromatic N) is 3. The molecule has 0 bridgehead atoms. The van der Waals surface area contributed by atoms with Gasteiger partial charge in [0.05, 0.1) is 29.1 Å². The van der Waals surface area contributed by atoms with E-state index in [9.17, 15) is 14.0 Å². The average Bonchev–Trinajstić information content (AvgIpc) is 3.39. The lowest BCUT2D eigenvalue weighted by atomic mass is 10.0. The third-order valence-corrected chi connectivity index (χ3v) is 6.00. The summed E-state index contributed by atoms with van der Waals surface area (Å²) < 4.78 is 15.0. The summed E-state index contributed by atoms with van der Waals surface area (Å²) in [6.07, 6.45) is 2.15. The molecule has 1 aliphatic heterocycles. The second-order valence-electron chi connectivity index (χ2n) is 8.26. The SMILES string of the molecule is Cc1cccc(NC(=O)Cc2c(C)nn(-c3ccc(F)cc3)c2C)c1C(=O)N1CCCC1. The maximum absolute atomic E-state index is 13.3. The molecule has 0 aliphatic carbocycles. The monoisotopic (exact) mass is 434 g/mol. The molecule has 0 radical (unpaired) electrons. The van der Waals surface area contributed by atoms with Crippen molar-refractivity contribution in [2.45, 2.75) is 40.0 Å². The normalized spacial score (nSPS) is 13.4. The van der Waals surface area contributed by atoms with Crippen molar-refractivity contribution in [3.63, 3.8) is 0 Å². The molecule has 2 heterocycles. The number of aryl methyl sites for hydroxylation is 2. The first-order valence-corrected chi connectivity index (χ1v) is 10.8. The van der Waals surface area contributed by atoms with Gasteiger partial charge in [0.2, 0.25) is 5.91 Å². The Balaban J connectivity index is 1.56. The van der Waals surface area contributed by atoms with Crippen LogP contribution in [0.2, 0.25) is 0 Å². The predicted octanol–water partition coefficient (Wildman–Crippen LogP) is 4.35. The zero-order valence-electron chi connectivity index (χ0n) is 18.6. The van der Waals surface area contributed by atoms with E-state index in [2.05, 4.69) is 10.4 Å². The van der Waals surface area contributed by atoms with Crippen molar-refractivity contribution >= 4 is 17.5 Å². The van der Waals surface area contributed by atoms with Crippen molar-refractivity contribution in [3.05, 3.63) is 76.4 Å². The average molecular weight is 435 g/mol. The minimum atomic E-state index is -0.313. The van der Waals surface area contributed by atoms with E-state index >= 15 is 0 Å². The maximum Gasteiger partial charge on any atom is 0.256 e. The van der Waals surface area contributed by atoms with Crippen molar-refractivity contribution in [2.75, 3.05) is 18.4 Å². The lowest BCUT2D eigenvalue weighted by Crippen LogP contribution is -2.29. The molecule has 3 aromatic rings. The molecule has 2 aromatic carbocycles. The fourth-order valence-corrected chi connectivity index (χ4v) is 4.25. The first-order chi connectivity index (χ1) is 15.3. The third-order valence-electron chi connectivity index (χ3n) is 6.00. The van der Waals surface area contributed by atoms with E-state index in [4.69, 9.17) is 0 Å². The number of benzene rings is 2. The molecular weight excluding hydrogens is 407 g/mol. The number of carbonyl (C=O) groups excluding carboxylic acids is 2. The first-order valence-electron chi connectivity index (χ1n) is 10.8. The Morgan fingerprint density at radius 3 is 2.41 bits per heavy atom. The van der Waals surface area contributed by atoms with Crippen LogP contribution >= 0.6 is 0 Å². The number of aromatic nitrogens is 2. The summed E-state index contributed by atoms with van der Waals surface area (Å²) in [6.45, 7) is 7.13. The second-order valence-corrected chi connectivity index (χ2v) is 8.26. The molecule has 1 aromatic heterocycles. The lowest BCUT2D eigenvalue weighted by molar-refractivity contribution is -0.115. The largest absolute Gasteiger partial charge is 0.339 e. The minimum absolute atomic E-state index is 0.0348. The van der Waals surface area contributed by atoms with Gasteiger partial charge in [-0.15, -0.1) is 0 Å². The molecule has 2 amide bonds. The molecule has 6 nitrogen and oxygen atoms in total. The van der Waals surface area contributed by atoms with Gasteiger partial charge in [-0.3, -0.25) is 9.59 Å². The van der Waals surface area contributed by atoms with Crippen LogP contribution < -0.4 is 5.32 Å². The Kier molecular flexibility index (Phi) is 6.08. The Bertz CT molecular complexity index is 1160. The minimum Gasteiger partial charge on any atom is -0.339 e. The highest BCUT2D eigenvalue weighted by atomic mass is 19.1. The van der Waals surface area contributed by atoms with Crippen molar-refractivity contribution in [1.82, 2.24) is 14.7 Å². The van der Waals surface area contributed by atoms with Crippen molar-refractivity contribution in [1.29, 1.82) is 0 Å². The van der Waals surface area contributed by atoms with E-state index in [0.29, 0.717) is 11.3 Å². The highest BCUT2D eigenvalue weighted by molar-refractivity contribution is 6.05. The standard InChI is InChI=1S/C25H27FN4O2/c1-16-7-6-8-22(24(16)25(32)29-13-4-5-14-29)27-23(31)15-21-17(2)28-30(18(21)3)20-11-9-19(26)10-12-20/h6-12H,4-5,13-15H2,1-3H3,(H,27,31). The van der Waals surface area contributed by atoms with Gasteiger partial charge in [-0.25, -0.2) is 9.07 Å². The van der Waals surface area contributed by atoms with Crippen LogP contribution in [-0.4, -0.2) is 39.6 Å². The predicted molar refractivity (Wildman–Crippen MR) is 122 cm³/mol. The van der Waals surface area contributed by atoms with Gasteiger partial charge in [-0.1, -0.05) is 12.1 Å². The van der Waals surface area contributed by atoms with E-state index in [1.165, 1.54) is 12.1 Å². The lowest BCUT2D eigenvalue weighted by Gasteiger charge is -2.19. The smallest absolute Gasteiger partial charge is 0.256 e. The molecule has 4 rings (SSSR count). The zero-order valence-corrected chi connectivity index (χ0v) is 18.6. The number of anilines is 1. The highest BCUT2D eigenvalue weighted by Crippen LogP contribution is 2.25. The third kappa shape index (κ3) is 4.28. The van der Waals surface area contributed by atoms with Crippen LogP contribution in [0.1, 0.15) is 45.7 Å². The number of rotatable bonds is 5. The first kappa shape index (κ1) is 21.7. The summed E-state index contributed by atoms with van der Waals surface area (Å²) in [5, 5.41) is 7.48. The number of hydrogen-bond acceptors (Lipinski definition) is 3. The number of likely N-dealkylation sites (tertiary alicyclic amines) is 1. The Morgan fingerprint density at radius 1 is 1.03 bits per heavy atom. The summed E-state index contributed by atoms with van der Waals surface area (Å²) in [6, 6.07) is 11.6. The topological polar surface area (TPSA) is 67.2 Å². The summed E-state index contributed by atoms with van der Waals surface area (Å²) in [5.41, 5.74) is 5.03. The molecular formula is C25H27FN4O2. The number of halogens is 1. The molecule has 1 saturated heterocycles. The molecule has 1 aliphatic rings. The van der Waals surface area contributed by atoms with Gasteiger partial charge >= 0.3 is 0 Å². The number of carbonyl (C=O) groups is 2. The van der Waals surface area contributed by atoms with E-state index < -0.39 is 0 Å². The van der Waals surface area contributed by atoms with Gasteiger partial charge in [-0.2, -0.15) is 5.10 Å². The van der Waals surface area contributed by atoms with E-state index in [0.717, 1.165) is 54.1 Å². The number of amides is 2. The molecule has 0 atom stereocenters. The molecule has 166 valence electrons. The molecule has 1 N–H and O–H groups in total. The zero-order chi connectivity index (χ0) is 22.8. The highest BCUT2D eigenvalue weighted by Gasteiger charge is 2.24. The van der Waals surface area contributed by atoms with Crippen LogP contribution in [0.15, 0.2) is 42.5 Å². The van der Waals surface area contributed by atoms with Crippen LogP contribution in [0.5, 0.6) is 0 Å². The molecule has 32 heavy (non-hydrogen) atoms. The van der Waals surface area contributed by atoms with Gasteiger partial charge < -0.3 is 10.2 Å². The maximum atomic E-state index is 13.3. The second kappa shape index (κ2) is 8.94. The summed E-state index contributed by atoms with van der Waals surface area (Å²) in [4.78, 5) is 27.9. The van der Waals surface area contributed by atoms with Crippen LogP contribution in [0.4, 0.5) is 10.1 Å². The quantitative estimate of drug-likeness (QED) is 0.649. The molecule has 0 saturated carbocycles. The van der Waals surface area contributed by atoms with Crippen molar-refractivity contribution < 1.29 is 14.0 Å². The summed E-state index contributed by atoms with van der Waals surface area (Å²) >= 11 is 0. The van der Waals surface area contributed by atoms with Gasteiger partial charge in [0.1, 0.15) is 5.82 Å². The van der Waals surface area contributed by atoms with E-state index in [1.807, 2.05) is 37.8 Å². The van der Waals surface area contributed by atoms with Crippen LogP contribution in [0, 0.1) is 26.6 Å². The summed E-state index contributed by atoms with van der Waals surface area (Å²) in [7, 11) is 0. The van der Waals surface area contributed by atoms with Crippen LogP contribution in [0.25, 0.3) is 5.69 Å². The van der Waals surface area contributed by atoms with Gasteiger partial charge in [0.15, 0.2) is 0 Å². The van der Waals surface area contributed by atoms with Crippen molar-refractivity contribution in [3.8, 4) is 5.69 Å². The fraction of sp³-hybridized carbons (Fsp3) is 0.320. The molecule has 7 heteroatoms. The Hall–Kier alpha value is -3.48. The van der Waals surface area contributed by atoms with Crippen LogP contribution in [-0.2, 0) is 11.2 Å². The summed E-state index contributed by atoms with van der Waals surface area (Å²) in [5.74, 6) is -0.560. The van der Waals surface area contributed by atoms with Gasteiger partial charge in [-0.05, 0) is 69.5 Å². The van der Waals surface area contributed by atoms with Crippen LogP contribution in [0.3, 0.4) is 0 Å². The fourth-order valence-electron chi connectivity index (χ4n) is 4.25. The number of nitrogens with one attached hydrogen (secondary N) is 1. The Morgan fingerprint density at radius 2 is 1.72 bits per heavy atom. The van der Waals surface area contributed by atoms with Gasteiger partial charge in [0, 0.05) is 24.3 Å². The van der Waals surface area contributed by atoms with Gasteiger partial charge in [0.25, 0.3) is 5.91 Å². The van der Waals surface area contributed by atoms with E-state index in [-0.39, 0.29) is 24.1 Å². The molecule has 0 unspecified atom stereocenters. The van der Waals surface area contributed by atoms with Crippen molar-refractivity contribution in [2.24, 2.45) is 0 Å². The molecule has 1 fully saturated rings. The van der Waals surface area contributed by atoms with E-state index in [1.54, 1.807) is 22.9 Å².